The minimum absolute atomic E-state index is 0.0251. The number of ether oxygens (including phenoxy) is 1. The molecule has 3 heterocycles. The van der Waals surface area contributed by atoms with Crippen molar-refractivity contribution < 1.29 is 19.1 Å². The lowest BCUT2D eigenvalue weighted by Gasteiger charge is -2.28. The number of aromatic nitrogens is 2. The van der Waals surface area contributed by atoms with Crippen molar-refractivity contribution in [3.05, 3.63) is 52.8 Å². The Kier molecular flexibility index (Phi) is 7.62. The van der Waals surface area contributed by atoms with Crippen LogP contribution in [0.4, 0.5) is 0 Å². The minimum atomic E-state index is -0.254. The lowest BCUT2D eigenvalue weighted by Crippen LogP contribution is -2.42. The Bertz CT molecular complexity index is 1040. The normalized spacial score (nSPS) is 16.2. The van der Waals surface area contributed by atoms with Crippen LogP contribution in [0.1, 0.15) is 51.9 Å². The first-order valence-corrected chi connectivity index (χ1v) is 12.0. The van der Waals surface area contributed by atoms with Gasteiger partial charge in [0.05, 0.1) is 13.2 Å². The molecule has 1 saturated heterocycles. The maximum Gasteiger partial charge on any atom is 0.274 e. The van der Waals surface area contributed by atoms with E-state index in [1.807, 2.05) is 36.9 Å². The fourth-order valence-electron chi connectivity index (χ4n) is 4.49. The number of aryl methyl sites for hydroxylation is 2. The zero-order valence-corrected chi connectivity index (χ0v) is 20.0. The second-order valence-corrected chi connectivity index (χ2v) is 8.84. The molecule has 9 heteroatoms. The molecule has 0 radical (unpaired) electrons. The van der Waals surface area contributed by atoms with E-state index in [0.717, 1.165) is 17.5 Å². The third-order valence-electron chi connectivity index (χ3n) is 6.39. The van der Waals surface area contributed by atoms with E-state index in [1.54, 1.807) is 20.5 Å². The molecule has 1 fully saturated rings. The Hall–Kier alpha value is -3.20. The third-order valence-corrected chi connectivity index (χ3v) is 6.39. The average molecular weight is 468 g/mol. The lowest BCUT2D eigenvalue weighted by atomic mass is 10.1. The van der Waals surface area contributed by atoms with Crippen molar-refractivity contribution in [3.8, 4) is 0 Å². The van der Waals surface area contributed by atoms with Crippen LogP contribution in [0, 0.1) is 6.92 Å². The summed E-state index contributed by atoms with van der Waals surface area (Å²) in [6.07, 6.45) is 1.03. The number of fused-ring (bicyclic) bond motifs is 1. The molecular weight excluding hydrogens is 434 g/mol. The highest BCUT2D eigenvalue weighted by molar-refractivity contribution is 5.98. The van der Waals surface area contributed by atoms with Gasteiger partial charge in [-0.05, 0) is 25.8 Å². The van der Waals surface area contributed by atoms with Gasteiger partial charge in [-0.1, -0.05) is 29.8 Å². The summed E-state index contributed by atoms with van der Waals surface area (Å²) >= 11 is 0. The van der Waals surface area contributed by atoms with E-state index >= 15 is 0 Å². The van der Waals surface area contributed by atoms with Gasteiger partial charge < -0.3 is 19.4 Å². The molecule has 0 unspecified atom stereocenters. The molecule has 0 bridgehead atoms. The predicted molar refractivity (Wildman–Crippen MR) is 126 cm³/mol. The molecule has 2 aliphatic heterocycles. The number of hydrogen-bond donors (Lipinski definition) is 0. The standard InChI is InChI=1S/C25H33N5O4/c1-3-27(11-8-23(31)28-12-14-34-15-13-28)24(32)21-17-22-25(33)29(9-5-10-30(22)26-21)18-20-7-4-6-19(2)16-20/h4,6-7,16-17H,3,5,8-15,18H2,1-2H3. The van der Waals surface area contributed by atoms with Gasteiger partial charge in [0.15, 0.2) is 5.69 Å². The van der Waals surface area contributed by atoms with Gasteiger partial charge in [-0.25, -0.2) is 0 Å². The van der Waals surface area contributed by atoms with Gasteiger partial charge in [0.1, 0.15) is 5.69 Å². The van der Waals surface area contributed by atoms with E-state index in [0.29, 0.717) is 64.7 Å². The molecule has 2 aliphatic rings. The Labute approximate surface area is 200 Å². The van der Waals surface area contributed by atoms with Crippen LogP contribution >= 0.6 is 0 Å². The van der Waals surface area contributed by atoms with Crippen LogP contribution in [0.3, 0.4) is 0 Å². The summed E-state index contributed by atoms with van der Waals surface area (Å²) in [5, 5.41) is 4.47. The third kappa shape index (κ3) is 5.47. The van der Waals surface area contributed by atoms with Crippen LogP contribution < -0.4 is 0 Å². The topological polar surface area (TPSA) is 88.0 Å². The van der Waals surface area contributed by atoms with E-state index in [2.05, 4.69) is 11.2 Å². The maximum atomic E-state index is 13.3. The highest BCUT2D eigenvalue weighted by atomic mass is 16.5. The molecule has 3 amide bonds. The molecule has 0 atom stereocenters. The van der Waals surface area contributed by atoms with E-state index < -0.39 is 0 Å². The molecule has 0 saturated carbocycles. The summed E-state index contributed by atoms with van der Waals surface area (Å²) in [7, 11) is 0. The highest BCUT2D eigenvalue weighted by Gasteiger charge is 2.28. The van der Waals surface area contributed by atoms with Gasteiger partial charge in [-0.15, -0.1) is 0 Å². The fourth-order valence-corrected chi connectivity index (χ4v) is 4.49. The number of nitrogens with zero attached hydrogens (tertiary/aromatic N) is 5. The molecule has 9 nitrogen and oxygen atoms in total. The average Bonchev–Trinajstić information content (AvgIpc) is 3.22. The van der Waals surface area contributed by atoms with Gasteiger partial charge in [-0.3, -0.25) is 19.1 Å². The fraction of sp³-hybridized carbons (Fsp3) is 0.520. The molecule has 0 spiro atoms. The quantitative estimate of drug-likeness (QED) is 0.621. The largest absolute Gasteiger partial charge is 0.378 e. The predicted octanol–water partition coefficient (Wildman–Crippen LogP) is 1.95. The van der Waals surface area contributed by atoms with E-state index in [4.69, 9.17) is 4.74 Å². The monoisotopic (exact) mass is 467 g/mol. The van der Waals surface area contributed by atoms with Crippen molar-refractivity contribution in [1.82, 2.24) is 24.5 Å². The number of morpholine rings is 1. The summed E-state index contributed by atoms with van der Waals surface area (Å²) in [4.78, 5) is 44.1. The maximum absolute atomic E-state index is 13.3. The number of carbonyl (C=O) groups excluding carboxylic acids is 3. The second-order valence-electron chi connectivity index (χ2n) is 8.84. The van der Waals surface area contributed by atoms with Crippen LogP contribution in [-0.4, -0.2) is 88.1 Å². The number of rotatable bonds is 7. The first-order valence-electron chi connectivity index (χ1n) is 12.0. The zero-order chi connectivity index (χ0) is 24.1. The second kappa shape index (κ2) is 10.8. The number of amides is 3. The van der Waals surface area contributed by atoms with Crippen molar-refractivity contribution in [2.75, 3.05) is 45.9 Å². The molecular formula is C25H33N5O4. The van der Waals surface area contributed by atoms with Crippen LogP contribution in [0.15, 0.2) is 30.3 Å². The zero-order valence-electron chi connectivity index (χ0n) is 20.0. The Morgan fingerprint density at radius 1 is 1.12 bits per heavy atom. The molecule has 34 heavy (non-hydrogen) atoms. The molecule has 182 valence electrons. The Morgan fingerprint density at radius 2 is 1.91 bits per heavy atom. The van der Waals surface area contributed by atoms with Gasteiger partial charge in [0, 0.05) is 58.3 Å². The van der Waals surface area contributed by atoms with Crippen molar-refractivity contribution in [2.45, 2.75) is 39.8 Å². The lowest BCUT2D eigenvalue weighted by molar-refractivity contribution is -0.135. The number of carbonyl (C=O) groups is 3. The van der Waals surface area contributed by atoms with Crippen LogP contribution in [0.25, 0.3) is 0 Å². The summed E-state index contributed by atoms with van der Waals surface area (Å²) < 4.78 is 6.95. The van der Waals surface area contributed by atoms with Crippen LogP contribution in [0.2, 0.25) is 0 Å². The van der Waals surface area contributed by atoms with Gasteiger partial charge in [0.25, 0.3) is 11.8 Å². The molecule has 0 N–H and O–H groups in total. The summed E-state index contributed by atoms with van der Waals surface area (Å²) in [5.74, 6) is -0.343. The Morgan fingerprint density at radius 3 is 2.65 bits per heavy atom. The first-order chi connectivity index (χ1) is 16.5. The van der Waals surface area contributed by atoms with Crippen molar-refractivity contribution >= 4 is 17.7 Å². The van der Waals surface area contributed by atoms with E-state index in [9.17, 15) is 14.4 Å². The number of benzene rings is 1. The van der Waals surface area contributed by atoms with Gasteiger partial charge in [-0.2, -0.15) is 5.10 Å². The van der Waals surface area contributed by atoms with Crippen molar-refractivity contribution in [1.29, 1.82) is 0 Å². The summed E-state index contributed by atoms with van der Waals surface area (Å²) in [6, 6.07) is 9.74. The molecule has 4 rings (SSSR count). The first kappa shape index (κ1) is 23.9. The van der Waals surface area contributed by atoms with Crippen LogP contribution in [-0.2, 0) is 22.6 Å². The SMILES string of the molecule is CCN(CCC(=O)N1CCOCC1)C(=O)c1cc2n(n1)CCCN(Cc1cccc(C)c1)C2=O. The summed E-state index contributed by atoms with van der Waals surface area (Å²) in [6.45, 7) is 8.74. The number of hydrogen-bond acceptors (Lipinski definition) is 5. The van der Waals surface area contributed by atoms with Gasteiger partial charge >= 0.3 is 0 Å². The summed E-state index contributed by atoms with van der Waals surface area (Å²) in [5.41, 5.74) is 2.93. The van der Waals surface area contributed by atoms with E-state index in [-0.39, 0.29) is 29.8 Å². The molecule has 2 aromatic rings. The minimum Gasteiger partial charge on any atom is -0.378 e. The highest BCUT2D eigenvalue weighted by Crippen LogP contribution is 2.18. The molecule has 1 aromatic carbocycles. The molecule has 1 aromatic heterocycles. The van der Waals surface area contributed by atoms with Crippen molar-refractivity contribution in [3.63, 3.8) is 0 Å². The Balaban J connectivity index is 1.43. The van der Waals surface area contributed by atoms with Gasteiger partial charge in [0.2, 0.25) is 5.91 Å². The smallest absolute Gasteiger partial charge is 0.274 e. The van der Waals surface area contributed by atoms with E-state index in [1.165, 1.54) is 0 Å². The van der Waals surface area contributed by atoms with Crippen LogP contribution in [0.5, 0.6) is 0 Å². The van der Waals surface area contributed by atoms with Crippen molar-refractivity contribution in [2.24, 2.45) is 0 Å². The molecule has 0 aliphatic carbocycles.